The van der Waals surface area contributed by atoms with Crippen LogP contribution >= 0.6 is 34.2 Å². The minimum atomic E-state index is -0.0685. The molecule has 0 saturated heterocycles. The first-order valence-corrected chi connectivity index (χ1v) is 4.57. The number of aliphatic imine (C=N–C) groups is 2. The Morgan fingerprint density at radius 1 is 1.45 bits per heavy atom. The van der Waals surface area contributed by atoms with Gasteiger partial charge in [0.05, 0.1) is 8.61 Å². The molecule has 0 aromatic carbocycles. The van der Waals surface area contributed by atoms with Crippen molar-refractivity contribution in [3.05, 3.63) is 20.3 Å². The lowest BCUT2D eigenvalue weighted by Crippen LogP contribution is -2.07. The maximum absolute atomic E-state index is 6.00. The number of allylic oxidation sites excluding steroid dienone is 2. The average molecular weight is 278 g/mol. The third kappa shape index (κ3) is 1.16. The molecule has 0 aliphatic carbocycles. The minimum Gasteiger partial charge on any atom is -0.262 e. The van der Waals surface area contributed by atoms with E-state index < -0.39 is 0 Å². The monoisotopic (exact) mass is 278 g/mol. The van der Waals surface area contributed by atoms with E-state index in [0.29, 0.717) is 0 Å². The molecule has 11 heavy (non-hydrogen) atoms. The second-order valence-electron chi connectivity index (χ2n) is 2.23. The van der Waals surface area contributed by atoms with Crippen LogP contribution in [0.3, 0.4) is 0 Å². The molecule has 1 atom stereocenters. The summed E-state index contributed by atoms with van der Waals surface area (Å²) < 4.78 is 0.984. The van der Waals surface area contributed by atoms with E-state index in [0.717, 1.165) is 14.2 Å². The van der Waals surface area contributed by atoms with Gasteiger partial charge in [0, 0.05) is 18.0 Å². The molecule has 2 rings (SSSR count). The van der Waals surface area contributed by atoms with Crippen molar-refractivity contribution in [1.29, 1.82) is 0 Å². The van der Waals surface area contributed by atoms with Crippen LogP contribution in [0.5, 0.6) is 0 Å². The summed E-state index contributed by atoms with van der Waals surface area (Å²) in [7, 11) is 0. The van der Waals surface area contributed by atoms with Gasteiger partial charge in [0.15, 0.2) is 6.17 Å². The van der Waals surface area contributed by atoms with Crippen molar-refractivity contribution < 1.29 is 0 Å². The van der Waals surface area contributed by atoms with Crippen molar-refractivity contribution in [2.45, 2.75) is 6.17 Å². The first-order valence-electron chi connectivity index (χ1n) is 3.11. The molecule has 2 aliphatic rings. The fraction of sp³-hybridized carbons (Fsp3) is 0.143. The number of halogens is 2. The van der Waals surface area contributed by atoms with Crippen molar-refractivity contribution in [2.24, 2.45) is 9.98 Å². The van der Waals surface area contributed by atoms with Gasteiger partial charge in [-0.2, -0.15) is 0 Å². The van der Waals surface area contributed by atoms with Crippen LogP contribution in [-0.2, 0) is 0 Å². The number of rotatable bonds is 0. The maximum Gasteiger partial charge on any atom is 0.166 e. The van der Waals surface area contributed by atoms with E-state index >= 15 is 0 Å². The van der Waals surface area contributed by atoms with Crippen LogP contribution in [-0.4, -0.2) is 18.6 Å². The lowest BCUT2D eigenvalue weighted by atomic mass is 10.2. The first-order chi connectivity index (χ1) is 5.29. The fourth-order valence-corrected chi connectivity index (χ4v) is 1.69. The Morgan fingerprint density at radius 2 is 2.27 bits per heavy atom. The third-order valence-corrected chi connectivity index (χ3v) is 3.11. The van der Waals surface area contributed by atoms with Crippen LogP contribution in [0.4, 0.5) is 0 Å². The van der Waals surface area contributed by atoms with Crippen LogP contribution in [0.1, 0.15) is 0 Å². The van der Waals surface area contributed by atoms with Crippen LogP contribution in [0.15, 0.2) is 30.2 Å². The Hall–Kier alpha value is -0.160. The molecule has 0 bridgehead atoms. The SMILES string of the molecule is ClC1=C(I)C=N[C@@H]2N=CC=C12. The molecule has 0 N–H and O–H groups in total. The highest BCUT2D eigenvalue weighted by Crippen LogP contribution is 2.32. The molecule has 0 amide bonds. The van der Waals surface area contributed by atoms with E-state index in [1.165, 1.54) is 0 Å². The summed E-state index contributed by atoms with van der Waals surface area (Å²) in [4.78, 5) is 8.29. The molecule has 0 spiro atoms. The normalized spacial score (nSPS) is 27.5. The molecule has 0 unspecified atom stereocenters. The van der Waals surface area contributed by atoms with Crippen LogP contribution in [0.2, 0.25) is 0 Å². The molecule has 0 aromatic rings. The summed E-state index contributed by atoms with van der Waals surface area (Å²) in [5, 5.41) is 0.781. The second kappa shape index (κ2) is 2.71. The van der Waals surface area contributed by atoms with Gasteiger partial charge < -0.3 is 0 Å². The number of hydrogen-bond acceptors (Lipinski definition) is 2. The van der Waals surface area contributed by atoms with E-state index in [1.807, 2.05) is 6.08 Å². The Labute approximate surface area is 82.9 Å². The first kappa shape index (κ1) is 7.49. The van der Waals surface area contributed by atoms with Gasteiger partial charge in [-0.25, -0.2) is 0 Å². The van der Waals surface area contributed by atoms with E-state index in [-0.39, 0.29) is 6.17 Å². The molecular formula is C7H4ClIN2. The van der Waals surface area contributed by atoms with Gasteiger partial charge in [0.1, 0.15) is 0 Å². The Bertz CT molecular complexity index is 314. The Balaban J connectivity index is 2.48. The number of hydrogen-bond donors (Lipinski definition) is 0. The molecule has 2 nitrogen and oxygen atoms in total. The maximum atomic E-state index is 6.00. The average Bonchev–Trinajstić information content (AvgIpc) is 2.45. The predicted octanol–water partition coefficient (Wildman–Crippen LogP) is 2.29. The zero-order valence-corrected chi connectivity index (χ0v) is 8.37. The number of nitrogens with zero attached hydrogens (tertiary/aromatic N) is 2. The molecular weight excluding hydrogens is 274 g/mol. The van der Waals surface area contributed by atoms with E-state index in [4.69, 9.17) is 11.6 Å². The van der Waals surface area contributed by atoms with Gasteiger partial charge in [-0.3, -0.25) is 9.98 Å². The van der Waals surface area contributed by atoms with Gasteiger partial charge >= 0.3 is 0 Å². The summed E-state index contributed by atoms with van der Waals surface area (Å²) >= 11 is 8.16. The van der Waals surface area contributed by atoms with Gasteiger partial charge in [0.2, 0.25) is 0 Å². The summed E-state index contributed by atoms with van der Waals surface area (Å²) in [5.74, 6) is 0. The highest BCUT2D eigenvalue weighted by molar-refractivity contribution is 14.1. The molecule has 2 heterocycles. The second-order valence-corrected chi connectivity index (χ2v) is 3.77. The highest BCUT2D eigenvalue weighted by atomic mass is 127. The van der Waals surface area contributed by atoms with Gasteiger partial charge in [-0.05, 0) is 28.7 Å². The summed E-state index contributed by atoms with van der Waals surface area (Å²) in [6, 6.07) is 0. The topological polar surface area (TPSA) is 24.7 Å². The Kier molecular flexibility index (Phi) is 1.85. The largest absolute Gasteiger partial charge is 0.262 e. The molecule has 0 saturated carbocycles. The van der Waals surface area contributed by atoms with Crippen molar-refractivity contribution in [2.75, 3.05) is 0 Å². The van der Waals surface area contributed by atoms with Crippen molar-refractivity contribution in [3.8, 4) is 0 Å². The van der Waals surface area contributed by atoms with Crippen molar-refractivity contribution >= 4 is 46.6 Å². The summed E-state index contributed by atoms with van der Waals surface area (Å²) in [5.41, 5.74) is 1.01. The fourth-order valence-electron chi connectivity index (χ4n) is 1.01. The third-order valence-electron chi connectivity index (χ3n) is 1.55. The molecule has 0 fully saturated rings. The van der Waals surface area contributed by atoms with Crippen molar-refractivity contribution in [3.63, 3.8) is 0 Å². The Morgan fingerprint density at radius 3 is 3.09 bits per heavy atom. The van der Waals surface area contributed by atoms with E-state index in [1.54, 1.807) is 12.4 Å². The zero-order chi connectivity index (χ0) is 7.84. The summed E-state index contributed by atoms with van der Waals surface area (Å²) in [6.45, 7) is 0. The minimum absolute atomic E-state index is 0.0685. The predicted molar refractivity (Wildman–Crippen MR) is 55.8 cm³/mol. The van der Waals surface area contributed by atoms with Crippen LogP contribution in [0, 0.1) is 0 Å². The smallest absolute Gasteiger partial charge is 0.166 e. The number of fused-ring (bicyclic) bond motifs is 1. The van der Waals surface area contributed by atoms with E-state index in [9.17, 15) is 0 Å². The van der Waals surface area contributed by atoms with Gasteiger partial charge in [-0.15, -0.1) is 0 Å². The van der Waals surface area contributed by atoms with Gasteiger partial charge in [0.25, 0.3) is 0 Å². The standard InChI is InChI=1S/C7H4ClIN2/c8-6-4-1-2-10-7(4)11-3-5(6)9/h1-3,7H/t7-/m0/s1. The van der Waals surface area contributed by atoms with E-state index in [2.05, 4.69) is 32.6 Å². The zero-order valence-electron chi connectivity index (χ0n) is 5.46. The molecule has 4 heteroatoms. The quantitative estimate of drug-likeness (QED) is 0.608. The molecule has 0 aromatic heterocycles. The molecule has 56 valence electrons. The van der Waals surface area contributed by atoms with Crippen molar-refractivity contribution in [1.82, 2.24) is 0 Å². The highest BCUT2D eigenvalue weighted by Gasteiger charge is 2.22. The van der Waals surface area contributed by atoms with Gasteiger partial charge in [-0.1, -0.05) is 11.6 Å². The molecule has 0 radical (unpaired) electrons. The van der Waals surface area contributed by atoms with Crippen LogP contribution in [0.25, 0.3) is 0 Å². The lowest BCUT2D eigenvalue weighted by molar-refractivity contribution is 0.859. The molecule has 2 aliphatic heterocycles. The summed E-state index contributed by atoms with van der Waals surface area (Å²) in [6.07, 6.45) is 5.34. The van der Waals surface area contributed by atoms with Crippen LogP contribution < -0.4 is 0 Å². The number of dihydropyridines is 1. The lowest BCUT2D eigenvalue weighted by Gasteiger charge is -2.12.